The van der Waals surface area contributed by atoms with Gasteiger partial charge >= 0.3 is 0 Å². The van der Waals surface area contributed by atoms with Gasteiger partial charge in [0.25, 0.3) is 0 Å². The molecule has 6 nitrogen and oxygen atoms in total. The van der Waals surface area contributed by atoms with Crippen molar-refractivity contribution in [3.05, 3.63) is 53.6 Å². The van der Waals surface area contributed by atoms with Gasteiger partial charge in [-0.3, -0.25) is 9.10 Å². The fourth-order valence-corrected chi connectivity index (χ4v) is 3.29. The van der Waals surface area contributed by atoms with Crippen LogP contribution in [0, 0.1) is 13.8 Å². The first-order valence-electron chi connectivity index (χ1n) is 7.69. The molecule has 0 aliphatic rings. The lowest BCUT2D eigenvalue weighted by atomic mass is 10.1. The average Bonchev–Trinajstić information content (AvgIpc) is 2.54. The van der Waals surface area contributed by atoms with E-state index >= 15 is 0 Å². The average molecular weight is 362 g/mol. The molecule has 134 valence electrons. The summed E-state index contributed by atoms with van der Waals surface area (Å²) in [7, 11) is -2.13. The van der Waals surface area contributed by atoms with E-state index in [0.29, 0.717) is 17.1 Å². The lowest BCUT2D eigenvalue weighted by Gasteiger charge is -2.22. The summed E-state index contributed by atoms with van der Waals surface area (Å²) in [6.07, 6.45) is 1.07. The number of hydrogen-bond acceptors (Lipinski definition) is 4. The number of nitrogens with zero attached hydrogens (tertiary/aromatic N) is 1. The van der Waals surface area contributed by atoms with E-state index in [4.69, 9.17) is 4.74 Å². The van der Waals surface area contributed by atoms with E-state index in [1.807, 2.05) is 26.0 Å². The van der Waals surface area contributed by atoms with Crippen LogP contribution < -0.4 is 14.4 Å². The summed E-state index contributed by atoms with van der Waals surface area (Å²) in [6, 6.07) is 12.2. The fourth-order valence-electron chi connectivity index (χ4n) is 2.44. The number of anilines is 2. The first kappa shape index (κ1) is 18.8. The second-order valence-electron chi connectivity index (χ2n) is 5.84. The molecule has 1 amide bonds. The monoisotopic (exact) mass is 362 g/mol. The molecule has 0 aliphatic heterocycles. The summed E-state index contributed by atoms with van der Waals surface area (Å²) in [5, 5.41) is 2.76. The molecule has 0 saturated carbocycles. The van der Waals surface area contributed by atoms with Gasteiger partial charge < -0.3 is 10.1 Å². The van der Waals surface area contributed by atoms with Crippen molar-refractivity contribution in [2.75, 3.05) is 29.5 Å². The maximum Gasteiger partial charge on any atom is 0.245 e. The van der Waals surface area contributed by atoms with E-state index in [0.717, 1.165) is 21.7 Å². The Labute approximate surface area is 148 Å². The van der Waals surface area contributed by atoms with Gasteiger partial charge in [-0.1, -0.05) is 23.8 Å². The van der Waals surface area contributed by atoms with Gasteiger partial charge in [-0.2, -0.15) is 0 Å². The number of rotatable bonds is 6. The molecule has 2 aromatic rings. The summed E-state index contributed by atoms with van der Waals surface area (Å²) >= 11 is 0. The quantitative estimate of drug-likeness (QED) is 0.857. The van der Waals surface area contributed by atoms with Gasteiger partial charge in [-0.25, -0.2) is 8.42 Å². The van der Waals surface area contributed by atoms with E-state index in [-0.39, 0.29) is 6.54 Å². The summed E-state index contributed by atoms with van der Waals surface area (Å²) in [5.41, 5.74) is 3.04. The van der Waals surface area contributed by atoms with E-state index in [2.05, 4.69) is 5.32 Å². The van der Waals surface area contributed by atoms with Crippen molar-refractivity contribution in [2.45, 2.75) is 13.8 Å². The minimum Gasteiger partial charge on any atom is -0.497 e. The van der Waals surface area contributed by atoms with Crippen LogP contribution in [-0.2, 0) is 14.8 Å². The Morgan fingerprint density at radius 2 is 1.88 bits per heavy atom. The Hall–Kier alpha value is -2.54. The van der Waals surface area contributed by atoms with Gasteiger partial charge in [0, 0.05) is 11.8 Å². The van der Waals surface area contributed by atoms with Crippen LogP contribution in [-0.4, -0.2) is 34.2 Å². The van der Waals surface area contributed by atoms with Crippen LogP contribution in [0.5, 0.6) is 5.75 Å². The molecule has 0 saturated heterocycles. The highest BCUT2D eigenvalue weighted by atomic mass is 32.2. The molecule has 0 heterocycles. The molecule has 0 spiro atoms. The third-order valence-electron chi connectivity index (χ3n) is 3.68. The molecule has 0 bridgehead atoms. The van der Waals surface area contributed by atoms with Gasteiger partial charge in [0.15, 0.2) is 0 Å². The molecular weight excluding hydrogens is 340 g/mol. The second kappa shape index (κ2) is 7.57. The van der Waals surface area contributed by atoms with Crippen molar-refractivity contribution in [3.8, 4) is 5.75 Å². The Morgan fingerprint density at radius 3 is 2.48 bits per heavy atom. The number of carbonyl (C=O) groups excluding carboxylic acids is 1. The van der Waals surface area contributed by atoms with Crippen LogP contribution in [0.1, 0.15) is 11.1 Å². The Balaban J connectivity index is 2.23. The van der Waals surface area contributed by atoms with Gasteiger partial charge in [0.05, 0.1) is 19.1 Å². The van der Waals surface area contributed by atoms with Crippen molar-refractivity contribution in [1.82, 2.24) is 0 Å². The summed E-state index contributed by atoms with van der Waals surface area (Å²) in [6.45, 7) is 3.53. The van der Waals surface area contributed by atoms with Crippen LogP contribution in [0.15, 0.2) is 42.5 Å². The first-order valence-corrected chi connectivity index (χ1v) is 9.54. The molecule has 0 radical (unpaired) electrons. The number of carbonyl (C=O) groups is 1. The SMILES string of the molecule is COc1cccc(N(CC(=O)Nc2ccc(C)cc2C)S(C)(=O)=O)c1. The third kappa shape index (κ3) is 4.96. The molecule has 2 aromatic carbocycles. The van der Waals surface area contributed by atoms with Crippen LogP contribution in [0.4, 0.5) is 11.4 Å². The highest BCUT2D eigenvalue weighted by Gasteiger charge is 2.21. The molecule has 0 aromatic heterocycles. The second-order valence-corrected chi connectivity index (χ2v) is 7.74. The number of ether oxygens (including phenoxy) is 1. The number of aryl methyl sites for hydroxylation is 2. The van der Waals surface area contributed by atoms with Gasteiger partial charge in [0.2, 0.25) is 15.9 Å². The van der Waals surface area contributed by atoms with E-state index in [1.54, 1.807) is 30.3 Å². The van der Waals surface area contributed by atoms with Gasteiger partial charge in [-0.15, -0.1) is 0 Å². The lowest BCUT2D eigenvalue weighted by molar-refractivity contribution is -0.114. The van der Waals surface area contributed by atoms with E-state index < -0.39 is 15.9 Å². The normalized spacial score (nSPS) is 11.0. The molecule has 0 unspecified atom stereocenters. The third-order valence-corrected chi connectivity index (χ3v) is 4.83. The molecule has 25 heavy (non-hydrogen) atoms. The number of hydrogen-bond donors (Lipinski definition) is 1. The lowest BCUT2D eigenvalue weighted by Crippen LogP contribution is -2.37. The topological polar surface area (TPSA) is 75.7 Å². The highest BCUT2D eigenvalue weighted by Crippen LogP contribution is 2.23. The smallest absolute Gasteiger partial charge is 0.245 e. The summed E-state index contributed by atoms with van der Waals surface area (Å²) in [4.78, 5) is 12.4. The van der Waals surface area contributed by atoms with Crippen LogP contribution >= 0.6 is 0 Å². The molecule has 0 atom stereocenters. The zero-order chi connectivity index (χ0) is 18.6. The predicted octanol–water partition coefficient (Wildman–Crippen LogP) is 2.72. The maximum absolute atomic E-state index is 12.4. The highest BCUT2D eigenvalue weighted by molar-refractivity contribution is 7.92. The number of amides is 1. The standard InChI is InChI=1S/C18H22N2O4S/c1-13-8-9-17(14(2)10-13)19-18(21)12-20(25(4,22)23)15-6-5-7-16(11-15)24-3/h5-11H,12H2,1-4H3,(H,19,21). The van der Waals surface area contributed by atoms with Crippen molar-refractivity contribution >= 4 is 27.3 Å². The Morgan fingerprint density at radius 1 is 1.16 bits per heavy atom. The summed E-state index contributed by atoms with van der Waals surface area (Å²) in [5.74, 6) is 0.0983. The molecular formula is C18H22N2O4S. The molecule has 2 rings (SSSR count). The van der Waals surface area contributed by atoms with Crippen molar-refractivity contribution in [1.29, 1.82) is 0 Å². The fraction of sp³-hybridized carbons (Fsp3) is 0.278. The zero-order valence-corrected chi connectivity index (χ0v) is 15.6. The number of benzene rings is 2. The Kier molecular flexibility index (Phi) is 5.69. The largest absolute Gasteiger partial charge is 0.497 e. The predicted molar refractivity (Wildman–Crippen MR) is 99.7 cm³/mol. The van der Waals surface area contributed by atoms with Crippen LogP contribution in [0.2, 0.25) is 0 Å². The van der Waals surface area contributed by atoms with Crippen LogP contribution in [0.3, 0.4) is 0 Å². The van der Waals surface area contributed by atoms with Crippen LogP contribution in [0.25, 0.3) is 0 Å². The maximum atomic E-state index is 12.4. The van der Waals surface area contributed by atoms with Gasteiger partial charge in [-0.05, 0) is 37.6 Å². The Bertz CT molecular complexity index is 878. The van der Waals surface area contributed by atoms with E-state index in [1.165, 1.54) is 7.11 Å². The zero-order valence-electron chi connectivity index (χ0n) is 14.7. The van der Waals surface area contributed by atoms with Crippen molar-refractivity contribution in [2.24, 2.45) is 0 Å². The number of sulfonamides is 1. The van der Waals surface area contributed by atoms with Gasteiger partial charge in [0.1, 0.15) is 12.3 Å². The minimum absolute atomic E-state index is 0.320. The summed E-state index contributed by atoms with van der Waals surface area (Å²) < 4.78 is 30.4. The molecule has 0 aliphatic carbocycles. The molecule has 0 fully saturated rings. The molecule has 1 N–H and O–H groups in total. The van der Waals surface area contributed by atoms with Crippen molar-refractivity contribution < 1.29 is 17.9 Å². The first-order chi connectivity index (χ1) is 11.7. The number of methoxy groups -OCH3 is 1. The van der Waals surface area contributed by atoms with Crippen molar-refractivity contribution in [3.63, 3.8) is 0 Å². The van der Waals surface area contributed by atoms with E-state index in [9.17, 15) is 13.2 Å². The number of nitrogens with one attached hydrogen (secondary N) is 1. The molecule has 7 heteroatoms. The minimum atomic E-state index is -3.63.